The van der Waals surface area contributed by atoms with Gasteiger partial charge in [0.15, 0.2) is 0 Å². The molecule has 0 aromatic heterocycles. The van der Waals surface area contributed by atoms with Gasteiger partial charge in [-0.15, -0.1) is 0 Å². The van der Waals surface area contributed by atoms with Crippen LogP contribution in [0.5, 0.6) is 0 Å². The number of carbonyl (C=O) groups is 1. The summed E-state index contributed by atoms with van der Waals surface area (Å²) >= 11 is 0. The van der Waals surface area contributed by atoms with Gasteiger partial charge in [0.1, 0.15) is 0 Å². The van der Waals surface area contributed by atoms with Crippen molar-refractivity contribution in [1.82, 2.24) is 9.62 Å². The molecule has 2 aromatic rings. The van der Waals surface area contributed by atoms with E-state index in [1.54, 1.807) is 0 Å². The maximum Gasteiger partial charge on any atom is 0.319 e. The number of rotatable bonds is 3. The highest BCUT2D eigenvalue weighted by atomic mass is 32.2. The van der Waals surface area contributed by atoms with Gasteiger partial charge in [-0.3, -0.25) is 0 Å². The van der Waals surface area contributed by atoms with E-state index in [1.807, 2.05) is 42.5 Å². The van der Waals surface area contributed by atoms with E-state index < -0.39 is 10.0 Å². The molecule has 1 saturated heterocycles. The summed E-state index contributed by atoms with van der Waals surface area (Å²) in [6.45, 7) is 0.837. The van der Waals surface area contributed by atoms with Crippen molar-refractivity contribution in [2.24, 2.45) is 0 Å². The Labute approximate surface area is 141 Å². The predicted octanol–water partition coefficient (Wildman–Crippen LogP) is 2.39. The second kappa shape index (κ2) is 6.78. The van der Waals surface area contributed by atoms with Gasteiger partial charge in [0, 0.05) is 24.5 Å². The first kappa shape index (κ1) is 16.7. The average molecular weight is 347 g/mol. The van der Waals surface area contributed by atoms with Crippen molar-refractivity contribution in [2.75, 3.05) is 24.7 Å². The normalized spacial score (nSPS) is 19.1. The first-order chi connectivity index (χ1) is 11.4. The van der Waals surface area contributed by atoms with E-state index in [4.69, 9.17) is 0 Å². The zero-order chi connectivity index (χ0) is 17.2. The number of fused-ring (bicyclic) bond motifs is 1. The van der Waals surface area contributed by atoms with Crippen LogP contribution in [-0.4, -0.2) is 44.1 Å². The van der Waals surface area contributed by atoms with E-state index in [9.17, 15) is 13.2 Å². The van der Waals surface area contributed by atoms with Gasteiger partial charge in [-0.25, -0.2) is 17.5 Å². The van der Waals surface area contributed by atoms with Crippen LogP contribution in [0.4, 0.5) is 10.5 Å². The van der Waals surface area contributed by atoms with Gasteiger partial charge >= 0.3 is 6.03 Å². The zero-order valence-electron chi connectivity index (χ0n) is 13.5. The predicted molar refractivity (Wildman–Crippen MR) is 95.5 cm³/mol. The molecule has 1 aliphatic heterocycles. The summed E-state index contributed by atoms with van der Waals surface area (Å²) in [4.78, 5) is 12.3. The third-order valence-corrected chi connectivity index (χ3v) is 5.50. The van der Waals surface area contributed by atoms with Crippen molar-refractivity contribution < 1.29 is 13.2 Å². The molecule has 1 fully saturated rings. The first-order valence-electron chi connectivity index (χ1n) is 7.94. The van der Waals surface area contributed by atoms with Crippen LogP contribution in [0, 0.1) is 0 Å². The summed E-state index contributed by atoms with van der Waals surface area (Å²) in [7, 11) is -3.22. The molecule has 2 amide bonds. The largest absolute Gasteiger partial charge is 0.334 e. The Hall–Kier alpha value is -2.12. The molecule has 0 aliphatic carbocycles. The molecule has 24 heavy (non-hydrogen) atoms. The number of nitrogens with zero attached hydrogens (tertiary/aromatic N) is 1. The number of carbonyl (C=O) groups excluding carboxylic acids is 1. The van der Waals surface area contributed by atoms with Crippen LogP contribution in [0.1, 0.15) is 12.8 Å². The summed E-state index contributed by atoms with van der Waals surface area (Å²) < 4.78 is 24.7. The van der Waals surface area contributed by atoms with Gasteiger partial charge in [0.05, 0.1) is 11.9 Å². The average Bonchev–Trinajstić information content (AvgIpc) is 2.54. The van der Waals surface area contributed by atoms with E-state index in [2.05, 4.69) is 10.6 Å². The standard InChI is InChI=1S/C17H21N3O3S/c1-24(22,23)20-11-5-8-14(12-20)18-17(21)19-16-10-4-7-13-6-2-3-9-15(13)16/h2-4,6-7,9-10,14H,5,8,11-12H2,1H3,(H2,18,19,21). The number of hydrogen-bond acceptors (Lipinski definition) is 3. The lowest BCUT2D eigenvalue weighted by molar-refractivity contribution is 0.236. The van der Waals surface area contributed by atoms with Crippen molar-refractivity contribution in [3.8, 4) is 0 Å². The summed E-state index contributed by atoms with van der Waals surface area (Å²) in [6, 6.07) is 13.1. The van der Waals surface area contributed by atoms with Crippen molar-refractivity contribution in [2.45, 2.75) is 18.9 Å². The molecule has 3 rings (SSSR count). The van der Waals surface area contributed by atoms with Crippen molar-refractivity contribution in [1.29, 1.82) is 0 Å². The molecule has 1 aliphatic rings. The summed E-state index contributed by atoms with van der Waals surface area (Å²) in [5.41, 5.74) is 0.737. The Bertz CT molecular complexity index is 846. The fraction of sp³-hybridized carbons (Fsp3) is 0.353. The molecule has 2 N–H and O–H groups in total. The molecule has 1 atom stereocenters. The fourth-order valence-corrected chi connectivity index (χ4v) is 3.95. The fourth-order valence-electron chi connectivity index (χ4n) is 3.04. The van der Waals surface area contributed by atoms with Crippen LogP contribution in [0.2, 0.25) is 0 Å². The lowest BCUT2D eigenvalue weighted by Crippen LogP contribution is -2.50. The Balaban J connectivity index is 1.67. The number of nitrogens with one attached hydrogen (secondary N) is 2. The number of sulfonamides is 1. The SMILES string of the molecule is CS(=O)(=O)N1CCCC(NC(=O)Nc2cccc3ccccc23)C1. The van der Waals surface area contributed by atoms with E-state index in [0.29, 0.717) is 13.1 Å². The van der Waals surface area contributed by atoms with Crippen LogP contribution >= 0.6 is 0 Å². The number of anilines is 1. The highest BCUT2D eigenvalue weighted by Gasteiger charge is 2.26. The Kier molecular flexibility index (Phi) is 4.73. The molecule has 1 unspecified atom stereocenters. The number of benzene rings is 2. The zero-order valence-corrected chi connectivity index (χ0v) is 14.3. The molecule has 1 heterocycles. The van der Waals surface area contributed by atoms with Crippen LogP contribution in [0.3, 0.4) is 0 Å². The van der Waals surface area contributed by atoms with Gasteiger partial charge in [-0.05, 0) is 24.3 Å². The summed E-state index contributed by atoms with van der Waals surface area (Å²) in [6.07, 6.45) is 2.72. The summed E-state index contributed by atoms with van der Waals surface area (Å²) in [5.74, 6) is 0. The third kappa shape index (κ3) is 3.85. The van der Waals surface area contributed by atoms with Gasteiger partial charge in [-0.2, -0.15) is 0 Å². The second-order valence-corrected chi connectivity index (χ2v) is 8.07. The van der Waals surface area contributed by atoms with Crippen LogP contribution in [-0.2, 0) is 10.0 Å². The second-order valence-electron chi connectivity index (χ2n) is 6.09. The molecule has 0 saturated carbocycles. The van der Waals surface area contributed by atoms with Crippen molar-refractivity contribution >= 4 is 32.5 Å². The van der Waals surface area contributed by atoms with Crippen LogP contribution < -0.4 is 10.6 Å². The molecule has 0 radical (unpaired) electrons. The quantitative estimate of drug-likeness (QED) is 0.895. The van der Waals surface area contributed by atoms with Crippen LogP contribution in [0.15, 0.2) is 42.5 Å². The minimum Gasteiger partial charge on any atom is -0.334 e. The number of urea groups is 1. The molecule has 6 nitrogen and oxygen atoms in total. The van der Waals surface area contributed by atoms with Crippen LogP contribution in [0.25, 0.3) is 10.8 Å². The van der Waals surface area contributed by atoms with Gasteiger partial charge in [0.25, 0.3) is 0 Å². The molecular formula is C17H21N3O3S. The minimum absolute atomic E-state index is 0.177. The molecule has 2 aromatic carbocycles. The highest BCUT2D eigenvalue weighted by molar-refractivity contribution is 7.88. The van der Waals surface area contributed by atoms with E-state index in [-0.39, 0.29) is 12.1 Å². The van der Waals surface area contributed by atoms with Gasteiger partial charge in [-0.1, -0.05) is 36.4 Å². The lowest BCUT2D eigenvalue weighted by Gasteiger charge is -2.31. The van der Waals surface area contributed by atoms with E-state index >= 15 is 0 Å². The smallest absolute Gasteiger partial charge is 0.319 e. The summed E-state index contributed by atoms with van der Waals surface area (Å²) in [5, 5.41) is 7.77. The Morgan fingerprint density at radius 3 is 2.71 bits per heavy atom. The Morgan fingerprint density at radius 2 is 1.92 bits per heavy atom. The monoisotopic (exact) mass is 347 g/mol. The number of piperidine rings is 1. The van der Waals surface area contributed by atoms with Crippen molar-refractivity contribution in [3.63, 3.8) is 0 Å². The minimum atomic E-state index is -3.22. The number of hydrogen-bond donors (Lipinski definition) is 2. The highest BCUT2D eigenvalue weighted by Crippen LogP contribution is 2.23. The maximum atomic E-state index is 12.3. The van der Waals surface area contributed by atoms with E-state index in [1.165, 1.54) is 10.6 Å². The molecule has 7 heteroatoms. The van der Waals surface area contributed by atoms with Gasteiger partial charge < -0.3 is 10.6 Å². The first-order valence-corrected chi connectivity index (χ1v) is 9.79. The van der Waals surface area contributed by atoms with Gasteiger partial charge in [0.2, 0.25) is 10.0 Å². The third-order valence-electron chi connectivity index (χ3n) is 4.23. The molecule has 0 bridgehead atoms. The number of amides is 2. The maximum absolute atomic E-state index is 12.3. The Morgan fingerprint density at radius 1 is 1.17 bits per heavy atom. The molecular weight excluding hydrogens is 326 g/mol. The topological polar surface area (TPSA) is 78.5 Å². The molecule has 0 spiro atoms. The lowest BCUT2D eigenvalue weighted by atomic mass is 10.1. The van der Waals surface area contributed by atoms with Crippen molar-refractivity contribution in [3.05, 3.63) is 42.5 Å². The van der Waals surface area contributed by atoms with E-state index in [0.717, 1.165) is 29.3 Å². The molecule has 128 valence electrons.